The molecule has 6 heteroatoms. The normalized spacial score (nSPS) is 10.9. The van der Waals surface area contributed by atoms with Crippen molar-refractivity contribution >= 4 is 44.7 Å². The van der Waals surface area contributed by atoms with Crippen LogP contribution in [0.2, 0.25) is 0 Å². The smallest absolute Gasteiger partial charge is 0.138 e. The van der Waals surface area contributed by atoms with Crippen molar-refractivity contribution in [2.75, 3.05) is 0 Å². The summed E-state index contributed by atoms with van der Waals surface area (Å²) >= 11 is 3.35. The molecule has 2 N–H and O–H groups in total. The van der Waals surface area contributed by atoms with E-state index in [0.717, 1.165) is 45.7 Å². The molecule has 0 saturated carbocycles. The van der Waals surface area contributed by atoms with Gasteiger partial charge in [0.2, 0.25) is 0 Å². The number of aromatic nitrogens is 4. The Kier molecular flexibility index (Phi) is 4.94. The van der Waals surface area contributed by atoms with E-state index in [-0.39, 0.29) is 0 Å². The highest BCUT2D eigenvalue weighted by Crippen LogP contribution is 2.22. The van der Waals surface area contributed by atoms with Gasteiger partial charge in [0.1, 0.15) is 11.6 Å². The van der Waals surface area contributed by atoms with Gasteiger partial charge in [0.05, 0.1) is 22.1 Å². The highest BCUT2D eigenvalue weighted by atomic mass is 32.1. The third-order valence-corrected chi connectivity index (χ3v) is 6.03. The first-order chi connectivity index (χ1) is 14.3. The number of benzene rings is 2. The Balaban J connectivity index is 0.000000125. The van der Waals surface area contributed by atoms with Crippen molar-refractivity contribution in [2.45, 2.75) is 6.42 Å². The first-order valence-corrected chi connectivity index (χ1v) is 11.2. The lowest BCUT2D eigenvalue weighted by Crippen LogP contribution is -1.89. The quantitative estimate of drug-likeness (QED) is 0.347. The molecule has 0 aliphatic carbocycles. The minimum Gasteiger partial charge on any atom is -0.341 e. The second-order valence-electron chi connectivity index (χ2n) is 6.64. The number of nitrogens with one attached hydrogen (secondary N) is 2. The molecule has 4 aromatic heterocycles. The van der Waals surface area contributed by atoms with Gasteiger partial charge in [0.25, 0.3) is 0 Å². The van der Waals surface area contributed by atoms with Gasteiger partial charge in [-0.15, -0.1) is 22.7 Å². The van der Waals surface area contributed by atoms with Crippen LogP contribution in [0.15, 0.2) is 82.2 Å². The number of rotatable bonds is 3. The molecule has 0 unspecified atom stereocenters. The van der Waals surface area contributed by atoms with E-state index >= 15 is 0 Å². The Labute approximate surface area is 175 Å². The van der Waals surface area contributed by atoms with E-state index in [9.17, 15) is 0 Å². The summed E-state index contributed by atoms with van der Waals surface area (Å²) in [5.74, 6) is 1.99. The SMILES string of the molecule is c1ccc(-c2nc3cscc3[nH]2)cc1.c1ccc(Cc2nc3cscc3[nH]2)cc1. The number of imidazole rings is 2. The Morgan fingerprint density at radius 1 is 0.655 bits per heavy atom. The Morgan fingerprint density at radius 2 is 1.28 bits per heavy atom. The Morgan fingerprint density at radius 3 is 1.93 bits per heavy atom. The molecule has 0 amide bonds. The number of aromatic amines is 2. The fourth-order valence-corrected chi connectivity index (χ4v) is 4.54. The van der Waals surface area contributed by atoms with E-state index in [4.69, 9.17) is 0 Å². The lowest BCUT2D eigenvalue weighted by Gasteiger charge is -1.96. The third-order valence-electron chi connectivity index (χ3n) is 4.56. The summed E-state index contributed by atoms with van der Waals surface area (Å²) in [6.45, 7) is 0. The van der Waals surface area contributed by atoms with Gasteiger partial charge in [-0.1, -0.05) is 60.7 Å². The lowest BCUT2D eigenvalue weighted by atomic mass is 10.1. The minimum atomic E-state index is 0.875. The summed E-state index contributed by atoms with van der Waals surface area (Å²) in [6.07, 6.45) is 0.875. The van der Waals surface area contributed by atoms with Gasteiger partial charge in [-0.25, -0.2) is 9.97 Å². The molecule has 4 heterocycles. The number of fused-ring (bicyclic) bond motifs is 2. The van der Waals surface area contributed by atoms with Crippen LogP contribution in [-0.4, -0.2) is 19.9 Å². The standard InChI is InChI=1S/C12H10N2S.C11H8N2S/c1-2-4-9(5-3-1)6-12-13-10-7-15-8-11(10)14-12;1-2-4-8(5-3-1)11-12-9-6-14-7-10(9)13-11/h1-5,7-8H,6H2,(H,13,14);1-7H,(H,12,13). The van der Waals surface area contributed by atoms with E-state index in [1.54, 1.807) is 22.7 Å². The summed E-state index contributed by atoms with van der Waals surface area (Å²) in [6, 6.07) is 20.5. The molecule has 4 nitrogen and oxygen atoms in total. The average Bonchev–Trinajstić information content (AvgIpc) is 3.51. The van der Waals surface area contributed by atoms with Crippen LogP contribution >= 0.6 is 22.7 Å². The van der Waals surface area contributed by atoms with Crippen LogP contribution in [0.5, 0.6) is 0 Å². The topological polar surface area (TPSA) is 57.4 Å². The van der Waals surface area contributed by atoms with Crippen molar-refractivity contribution in [1.29, 1.82) is 0 Å². The molecular formula is C23H18N4S2. The average molecular weight is 415 g/mol. The molecule has 6 aromatic rings. The fraction of sp³-hybridized carbons (Fsp3) is 0.0435. The predicted molar refractivity (Wildman–Crippen MR) is 123 cm³/mol. The van der Waals surface area contributed by atoms with Gasteiger partial charge in [-0.05, 0) is 5.56 Å². The van der Waals surface area contributed by atoms with E-state index in [1.807, 2.05) is 24.3 Å². The summed E-state index contributed by atoms with van der Waals surface area (Å²) in [5.41, 5.74) is 6.81. The molecule has 0 radical (unpaired) electrons. The molecular weight excluding hydrogens is 396 g/mol. The van der Waals surface area contributed by atoms with E-state index in [2.05, 4.69) is 77.9 Å². The van der Waals surface area contributed by atoms with Crippen LogP contribution in [0, 0.1) is 0 Å². The van der Waals surface area contributed by atoms with Gasteiger partial charge in [-0.3, -0.25) is 0 Å². The summed E-state index contributed by atoms with van der Waals surface area (Å²) in [5, 5.41) is 8.30. The molecule has 142 valence electrons. The molecule has 2 aromatic carbocycles. The molecule has 0 atom stereocenters. The van der Waals surface area contributed by atoms with Crippen LogP contribution in [-0.2, 0) is 6.42 Å². The van der Waals surface area contributed by atoms with Crippen LogP contribution in [0.1, 0.15) is 11.4 Å². The molecule has 0 bridgehead atoms. The zero-order valence-electron chi connectivity index (χ0n) is 15.5. The number of H-pyrrole nitrogens is 2. The van der Waals surface area contributed by atoms with Gasteiger partial charge in [0.15, 0.2) is 0 Å². The predicted octanol–water partition coefficient (Wildman–Crippen LogP) is 6.51. The van der Waals surface area contributed by atoms with Crippen molar-refractivity contribution < 1.29 is 0 Å². The molecule has 0 aliphatic rings. The van der Waals surface area contributed by atoms with Crippen molar-refractivity contribution in [2.24, 2.45) is 0 Å². The molecule has 0 aliphatic heterocycles. The fourth-order valence-electron chi connectivity index (χ4n) is 3.15. The van der Waals surface area contributed by atoms with Crippen LogP contribution in [0.4, 0.5) is 0 Å². The van der Waals surface area contributed by atoms with Gasteiger partial charge in [-0.2, -0.15) is 0 Å². The Bertz CT molecular complexity index is 1270. The maximum atomic E-state index is 4.52. The Hall–Kier alpha value is -3.22. The van der Waals surface area contributed by atoms with E-state index in [1.165, 1.54) is 5.56 Å². The van der Waals surface area contributed by atoms with Crippen LogP contribution in [0.25, 0.3) is 33.5 Å². The molecule has 0 saturated heterocycles. The molecule has 0 fully saturated rings. The second kappa shape index (κ2) is 8.03. The zero-order chi connectivity index (χ0) is 19.5. The number of thiophene rings is 2. The first-order valence-electron chi connectivity index (χ1n) is 9.27. The summed E-state index contributed by atoms with van der Waals surface area (Å²) in [4.78, 5) is 15.6. The largest absolute Gasteiger partial charge is 0.341 e. The highest BCUT2D eigenvalue weighted by Gasteiger charge is 2.04. The lowest BCUT2D eigenvalue weighted by molar-refractivity contribution is 1.04. The molecule has 29 heavy (non-hydrogen) atoms. The minimum absolute atomic E-state index is 0.875. The van der Waals surface area contributed by atoms with Crippen molar-refractivity contribution in [3.05, 3.63) is 93.6 Å². The van der Waals surface area contributed by atoms with Gasteiger partial charge in [0, 0.05) is 33.5 Å². The maximum absolute atomic E-state index is 4.52. The van der Waals surface area contributed by atoms with Crippen molar-refractivity contribution in [3.63, 3.8) is 0 Å². The molecule has 0 spiro atoms. The van der Waals surface area contributed by atoms with Crippen molar-refractivity contribution in [3.8, 4) is 11.4 Å². The number of nitrogens with zero attached hydrogens (tertiary/aromatic N) is 2. The van der Waals surface area contributed by atoms with E-state index in [0.29, 0.717) is 0 Å². The van der Waals surface area contributed by atoms with Crippen LogP contribution < -0.4 is 0 Å². The van der Waals surface area contributed by atoms with Crippen LogP contribution in [0.3, 0.4) is 0 Å². The van der Waals surface area contributed by atoms with E-state index < -0.39 is 0 Å². The first kappa shape index (κ1) is 17.8. The molecule has 6 rings (SSSR count). The summed E-state index contributed by atoms with van der Waals surface area (Å²) < 4.78 is 0. The van der Waals surface area contributed by atoms with Gasteiger partial charge >= 0.3 is 0 Å². The summed E-state index contributed by atoms with van der Waals surface area (Å²) in [7, 11) is 0. The maximum Gasteiger partial charge on any atom is 0.138 e. The monoisotopic (exact) mass is 414 g/mol. The highest BCUT2D eigenvalue weighted by molar-refractivity contribution is 7.09. The second-order valence-corrected chi connectivity index (χ2v) is 8.13. The number of hydrogen-bond acceptors (Lipinski definition) is 4. The number of hydrogen-bond donors (Lipinski definition) is 2. The third kappa shape index (κ3) is 3.99. The zero-order valence-corrected chi connectivity index (χ0v) is 17.1. The van der Waals surface area contributed by atoms with Crippen molar-refractivity contribution in [1.82, 2.24) is 19.9 Å². The van der Waals surface area contributed by atoms with Gasteiger partial charge < -0.3 is 9.97 Å².